The summed E-state index contributed by atoms with van der Waals surface area (Å²) in [5.74, 6) is 6.01. The van der Waals surface area contributed by atoms with Gasteiger partial charge in [-0.3, -0.25) is 16.2 Å². The second kappa shape index (κ2) is 7.58. The van der Waals surface area contributed by atoms with Gasteiger partial charge in [0.05, 0.1) is 6.04 Å². The van der Waals surface area contributed by atoms with Gasteiger partial charge in [0.1, 0.15) is 0 Å². The summed E-state index contributed by atoms with van der Waals surface area (Å²) in [5, 5.41) is 0. The van der Waals surface area contributed by atoms with Crippen LogP contribution in [0.25, 0.3) is 0 Å². The highest BCUT2D eigenvalue weighted by Gasteiger charge is 2.39. The standard InChI is InChI=1S/C17H33N3/c1-3-17(2,20-13-9-6-10-14-20)16(19-18)15-11-7-4-5-8-12-15/h11,16,19H,3-10,12-14,18H2,1-2H3. The van der Waals surface area contributed by atoms with Crippen LogP contribution >= 0.6 is 0 Å². The van der Waals surface area contributed by atoms with E-state index in [9.17, 15) is 0 Å². The number of allylic oxidation sites excluding steroid dienone is 1. The van der Waals surface area contributed by atoms with Gasteiger partial charge in [0, 0.05) is 5.54 Å². The number of piperidine rings is 1. The lowest BCUT2D eigenvalue weighted by Crippen LogP contribution is -2.62. The SMILES string of the molecule is CCC(C)(C(NN)C1=CCCCCC1)N1CCCCC1. The third-order valence-electron chi connectivity index (χ3n) is 5.53. The van der Waals surface area contributed by atoms with Crippen LogP contribution in [0, 0.1) is 0 Å². The van der Waals surface area contributed by atoms with E-state index in [2.05, 4.69) is 30.2 Å². The Bertz CT molecular complexity index is 320. The van der Waals surface area contributed by atoms with E-state index < -0.39 is 0 Å². The number of hydrogen-bond donors (Lipinski definition) is 2. The summed E-state index contributed by atoms with van der Waals surface area (Å²) in [4.78, 5) is 2.69. The second-order valence-electron chi connectivity index (χ2n) is 6.74. The van der Waals surface area contributed by atoms with Crippen LogP contribution in [0.15, 0.2) is 11.6 Å². The third kappa shape index (κ3) is 3.44. The predicted octanol–water partition coefficient (Wildman–Crippen LogP) is 3.36. The van der Waals surface area contributed by atoms with Gasteiger partial charge < -0.3 is 0 Å². The Balaban J connectivity index is 2.18. The van der Waals surface area contributed by atoms with Gasteiger partial charge in [-0.15, -0.1) is 0 Å². The van der Waals surface area contributed by atoms with E-state index in [0.29, 0.717) is 6.04 Å². The number of hydrazine groups is 1. The molecule has 1 fully saturated rings. The van der Waals surface area contributed by atoms with E-state index in [0.717, 1.165) is 6.42 Å². The van der Waals surface area contributed by atoms with Crippen molar-refractivity contribution in [3.05, 3.63) is 11.6 Å². The number of rotatable bonds is 5. The van der Waals surface area contributed by atoms with Gasteiger partial charge >= 0.3 is 0 Å². The number of nitrogens with one attached hydrogen (secondary N) is 1. The molecule has 116 valence electrons. The maximum atomic E-state index is 6.01. The van der Waals surface area contributed by atoms with E-state index in [1.54, 1.807) is 5.57 Å². The van der Waals surface area contributed by atoms with Crippen molar-refractivity contribution in [2.24, 2.45) is 5.84 Å². The molecule has 1 aliphatic carbocycles. The highest BCUT2D eigenvalue weighted by atomic mass is 15.3. The first-order chi connectivity index (χ1) is 9.72. The van der Waals surface area contributed by atoms with Gasteiger partial charge in [0.2, 0.25) is 0 Å². The molecule has 20 heavy (non-hydrogen) atoms. The molecule has 1 heterocycles. The van der Waals surface area contributed by atoms with E-state index in [1.165, 1.54) is 64.5 Å². The smallest absolute Gasteiger partial charge is 0.0601 e. The fourth-order valence-electron chi connectivity index (χ4n) is 4.00. The Labute approximate surface area is 124 Å². The summed E-state index contributed by atoms with van der Waals surface area (Å²) in [6.07, 6.45) is 14.2. The minimum atomic E-state index is 0.158. The average molecular weight is 279 g/mol. The summed E-state index contributed by atoms with van der Waals surface area (Å²) in [7, 11) is 0. The van der Waals surface area contributed by atoms with Crippen molar-refractivity contribution in [1.29, 1.82) is 0 Å². The number of hydrogen-bond acceptors (Lipinski definition) is 3. The summed E-state index contributed by atoms with van der Waals surface area (Å²) >= 11 is 0. The molecule has 0 bridgehead atoms. The molecule has 0 aromatic carbocycles. The Kier molecular flexibility index (Phi) is 6.06. The fourth-order valence-corrected chi connectivity index (χ4v) is 4.00. The first-order valence-electron chi connectivity index (χ1n) is 8.62. The van der Waals surface area contributed by atoms with Gasteiger partial charge in [-0.05, 0) is 65.0 Å². The maximum Gasteiger partial charge on any atom is 0.0601 e. The molecule has 0 amide bonds. The third-order valence-corrected chi connectivity index (χ3v) is 5.53. The fraction of sp³-hybridized carbons (Fsp3) is 0.882. The minimum absolute atomic E-state index is 0.158. The average Bonchev–Trinajstić information content (AvgIpc) is 2.78. The van der Waals surface area contributed by atoms with E-state index in [1.807, 2.05) is 0 Å². The molecule has 1 saturated heterocycles. The largest absolute Gasteiger partial charge is 0.296 e. The van der Waals surface area contributed by atoms with E-state index in [-0.39, 0.29) is 5.54 Å². The van der Waals surface area contributed by atoms with Crippen molar-refractivity contribution >= 4 is 0 Å². The van der Waals surface area contributed by atoms with Gasteiger partial charge in [0.25, 0.3) is 0 Å². The van der Waals surface area contributed by atoms with Gasteiger partial charge in [0.15, 0.2) is 0 Å². The monoisotopic (exact) mass is 279 g/mol. The second-order valence-corrected chi connectivity index (χ2v) is 6.74. The molecule has 2 aliphatic rings. The van der Waals surface area contributed by atoms with E-state index >= 15 is 0 Å². The number of nitrogens with two attached hydrogens (primary N) is 1. The molecule has 2 atom stereocenters. The zero-order valence-electron chi connectivity index (χ0n) is 13.5. The zero-order valence-corrected chi connectivity index (χ0v) is 13.5. The van der Waals surface area contributed by atoms with Crippen molar-refractivity contribution in [2.45, 2.75) is 83.2 Å². The van der Waals surface area contributed by atoms with Crippen molar-refractivity contribution in [3.8, 4) is 0 Å². The minimum Gasteiger partial charge on any atom is -0.296 e. The van der Waals surface area contributed by atoms with Crippen LogP contribution in [-0.4, -0.2) is 29.6 Å². The Hall–Kier alpha value is -0.380. The van der Waals surface area contributed by atoms with Gasteiger partial charge in [-0.25, -0.2) is 0 Å². The molecule has 0 radical (unpaired) electrons. The summed E-state index contributed by atoms with van der Waals surface area (Å²) < 4.78 is 0. The zero-order chi connectivity index (χ0) is 14.4. The van der Waals surface area contributed by atoms with Crippen LogP contribution in [0.3, 0.4) is 0 Å². The molecule has 0 aromatic rings. The van der Waals surface area contributed by atoms with Crippen molar-refractivity contribution in [1.82, 2.24) is 10.3 Å². The number of nitrogens with zero attached hydrogens (tertiary/aromatic N) is 1. The van der Waals surface area contributed by atoms with E-state index in [4.69, 9.17) is 5.84 Å². The Morgan fingerprint density at radius 1 is 1.20 bits per heavy atom. The van der Waals surface area contributed by atoms with Crippen LogP contribution in [0.4, 0.5) is 0 Å². The predicted molar refractivity (Wildman–Crippen MR) is 86.4 cm³/mol. The summed E-state index contributed by atoms with van der Waals surface area (Å²) in [6, 6.07) is 0.309. The van der Waals surface area contributed by atoms with Crippen LogP contribution in [-0.2, 0) is 0 Å². The number of likely N-dealkylation sites (tertiary alicyclic amines) is 1. The van der Waals surface area contributed by atoms with Crippen LogP contribution in [0.2, 0.25) is 0 Å². The van der Waals surface area contributed by atoms with Crippen molar-refractivity contribution in [3.63, 3.8) is 0 Å². The topological polar surface area (TPSA) is 41.3 Å². The van der Waals surface area contributed by atoms with Gasteiger partial charge in [-0.1, -0.05) is 31.4 Å². The highest BCUT2D eigenvalue weighted by Crippen LogP contribution is 2.33. The first-order valence-corrected chi connectivity index (χ1v) is 8.62. The van der Waals surface area contributed by atoms with Crippen LogP contribution in [0.5, 0.6) is 0 Å². The molecule has 3 nitrogen and oxygen atoms in total. The molecular weight excluding hydrogens is 246 g/mol. The molecule has 2 rings (SSSR count). The molecule has 2 unspecified atom stereocenters. The molecule has 0 saturated carbocycles. The molecular formula is C17H33N3. The molecule has 3 N–H and O–H groups in total. The van der Waals surface area contributed by atoms with Gasteiger partial charge in [-0.2, -0.15) is 0 Å². The Morgan fingerprint density at radius 3 is 2.55 bits per heavy atom. The van der Waals surface area contributed by atoms with Crippen LogP contribution in [0.1, 0.15) is 71.6 Å². The first kappa shape index (κ1) is 16.0. The van der Waals surface area contributed by atoms with Crippen molar-refractivity contribution in [2.75, 3.05) is 13.1 Å². The quantitative estimate of drug-likeness (QED) is 0.460. The van der Waals surface area contributed by atoms with Crippen molar-refractivity contribution < 1.29 is 0 Å². The van der Waals surface area contributed by atoms with Crippen LogP contribution < -0.4 is 11.3 Å². The molecule has 0 spiro atoms. The molecule has 3 heteroatoms. The molecule has 0 aromatic heterocycles. The molecule has 1 aliphatic heterocycles. The lowest BCUT2D eigenvalue weighted by Gasteiger charge is -2.48. The lowest BCUT2D eigenvalue weighted by molar-refractivity contribution is 0.0523. The summed E-state index contributed by atoms with van der Waals surface area (Å²) in [5.41, 5.74) is 4.89. The highest BCUT2D eigenvalue weighted by molar-refractivity contribution is 5.19. The summed E-state index contributed by atoms with van der Waals surface area (Å²) in [6.45, 7) is 7.19. The maximum absolute atomic E-state index is 6.01. The Morgan fingerprint density at radius 2 is 1.90 bits per heavy atom. The lowest BCUT2D eigenvalue weighted by atomic mass is 9.80. The normalized spacial score (nSPS) is 26.4.